The molecule has 1 aliphatic heterocycles. The number of benzene rings is 2. The molecule has 2 aromatic carbocycles. The van der Waals surface area contributed by atoms with Gasteiger partial charge in [0.1, 0.15) is 11.6 Å². The number of rotatable bonds is 3. The van der Waals surface area contributed by atoms with Gasteiger partial charge in [0.05, 0.1) is 5.56 Å². The molecule has 7 heteroatoms. The summed E-state index contributed by atoms with van der Waals surface area (Å²) in [6.07, 6.45) is 0. The molecule has 134 valence electrons. The van der Waals surface area contributed by atoms with Gasteiger partial charge in [-0.15, -0.1) is 12.4 Å². The van der Waals surface area contributed by atoms with E-state index in [0.717, 1.165) is 29.9 Å². The average molecular weight is 368 g/mol. The molecule has 1 aliphatic rings. The van der Waals surface area contributed by atoms with Crippen molar-refractivity contribution in [3.8, 4) is 0 Å². The number of hydrogen-bond acceptors (Lipinski definition) is 3. The number of anilines is 1. The summed E-state index contributed by atoms with van der Waals surface area (Å²) < 4.78 is 26.7. The lowest BCUT2D eigenvalue weighted by molar-refractivity contribution is 0.0624. The molecule has 0 unspecified atom stereocenters. The second-order valence-corrected chi connectivity index (χ2v) is 5.94. The summed E-state index contributed by atoms with van der Waals surface area (Å²) in [5.41, 5.74) is 7.55. The highest BCUT2D eigenvalue weighted by Crippen LogP contribution is 2.16. The number of amides is 1. The first-order valence-electron chi connectivity index (χ1n) is 7.84. The van der Waals surface area contributed by atoms with Crippen LogP contribution in [0.5, 0.6) is 0 Å². The first-order chi connectivity index (χ1) is 11.5. The topological polar surface area (TPSA) is 49.6 Å². The van der Waals surface area contributed by atoms with Crippen LogP contribution in [0.1, 0.15) is 15.9 Å². The zero-order chi connectivity index (χ0) is 17.1. The molecule has 3 rings (SSSR count). The van der Waals surface area contributed by atoms with E-state index < -0.39 is 17.5 Å². The van der Waals surface area contributed by atoms with Crippen LogP contribution in [0, 0.1) is 11.6 Å². The number of carbonyl (C=O) groups excluding carboxylic acids is 1. The number of halogens is 3. The van der Waals surface area contributed by atoms with Crippen LogP contribution in [0.25, 0.3) is 0 Å². The molecule has 2 N–H and O–H groups in total. The highest BCUT2D eigenvalue weighted by Gasteiger charge is 2.24. The van der Waals surface area contributed by atoms with Crippen LogP contribution in [0.3, 0.4) is 0 Å². The average Bonchev–Trinajstić information content (AvgIpc) is 2.55. The lowest BCUT2D eigenvalue weighted by Gasteiger charge is -2.34. The summed E-state index contributed by atoms with van der Waals surface area (Å²) in [5, 5.41) is 0. The van der Waals surface area contributed by atoms with Gasteiger partial charge in [0.2, 0.25) is 0 Å². The number of nitrogens with zero attached hydrogens (tertiary/aromatic N) is 2. The molecule has 1 saturated heterocycles. The maximum Gasteiger partial charge on any atom is 0.256 e. The van der Waals surface area contributed by atoms with Gasteiger partial charge >= 0.3 is 0 Å². The molecule has 1 amide bonds. The molecule has 1 fully saturated rings. The van der Waals surface area contributed by atoms with E-state index >= 15 is 0 Å². The highest BCUT2D eigenvalue weighted by atomic mass is 35.5. The van der Waals surface area contributed by atoms with Gasteiger partial charge in [-0.3, -0.25) is 9.69 Å². The van der Waals surface area contributed by atoms with Gasteiger partial charge in [-0.1, -0.05) is 12.1 Å². The summed E-state index contributed by atoms with van der Waals surface area (Å²) in [6.45, 7) is 3.18. The van der Waals surface area contributed by atoms with Gasteiger partial charge in [0, 0.05) is 44.5 Å². The van der Waals surface area contributed by atoms with Crippen molar-refractivity contribution >= 4 is 24.0 Å². The standard InChI is InChI=1S/C18H19F2N3O.ClH/c19-14-4-5-16(17(20)11-14)18(24)23-8-6-22(7-9-23)12-13-2-1-3-15(21)10-13;/h1-5,10-11H,6-9,12,21H2;1H. The summed E-state index contributed by atoms with van der Waals surface area (Å²) in [7, 11) is 0. The van der Waals surface area contributed by atoms with Gasteiger partial charge in [0.15, 0.2) is 0 Å². The minimum atomic E-state index is -0.817. The molecule has 4 nitrogen and oxygen atoms in total. The minimum Gasteiger partial charge on any atom is -0.399 e. The minimum absolute atomic E-state index is 0. The summed E-state index contributed by atoms with van der Waals surface area (Å²) in [6, 6.07) is 10.8. The fourth-order valence-corrected chi connectivity index (χ4v) is 2.89. The van der Waals surface area contributed by atoms with Gasteiger partial charge in [-0.25, -0.2) is 8.78 Å². The molecule has 0 saturated carbocycles. The second kappa shape index (κ2) is 8.27. The van der Waals surface area contributed by atoms with Crippen LogP contribution in [-0.2, 0) is 6.54 Å². The van der Waals surface area contributed by atoms with E-state index in [0.29, 0.717) is 26.2 Å². The van der Waals surface area contributed by atoms with Crippen molar-refractivity contribution < 1.29 is 13.6 Å². The Labute approximate surface area is 151 Å². The van der Waals surface area contributed by atoms with Crippen molar-refractivity contribution in [3.05, 3.63) is 65.2 Å². The number of nitrogens with two attached hydrogens (primary N) is 1. The fraction of sp³-hybridized carbons (Fsp3) is 0.278. The molecular formula is C18H20ClF2N3O. The van der Waals surface area contributed by atoms with Crippen LogP contribution in [0.15, 0.2) is 42.5 Å². The van der Waals surface area contributed by atoms with Crippen molar-refractivity contribution in [2.75, 3.05) is 31.9 Å². The van der Waals surface area contributed by atoms with Crippen molar-refractivity contribution in [1.82, 2.24) is 9.80 Å². The Morgan fingerprint density at radius 2 is 1.76 bits per heavy atom. The van der Waals surface area contributed by atoms with Crippen LogP contribution in [-0.4, -0.2) is 41.9 Å². The van der Waals surface area contributed by atoms with Crippen LogP contribution in [0.4, 0.5) is 14.5 Å². The predicted octanol–water partition coefficient (Wildman–Crippen LogP) is 2.93. The largest absolute Gasteiger partial charge is 0.399 e. The number of hydrogen-bond donors (Lipinski definition) is 1. The zero-order valence-corrected chi connectivity index (χ0v) is 14.4. The quantitative estimate of drug-likeness (QED) is 0.849. The van der Waals surface area contributed by atoms with Gasteiger partial charge in [0.25, 0.3) is 5.91 Å². The SMILES string of the molecule is Cl.Nc1cccc(CN2CCN(C(=O)c3ccc(F)cc3F)CC2)c1. The predicted molar refractivity (Wildman–Crippen MR) is 95.6 cm³/mol. The lowest BCUT2D eigenvalue weighted by Crippen LogP contribution is -2.48. The van der Waals surface area contributed by atoms with Crippen molar-refractivity contribution in [2.45, 2.75) is 6.54 Å². The van der Waals surface area contributed by atoms with E-state index in [1.54, 1.807) is 4.90 Å². The Hall–Kier alpha value is -2.18. The number of piperazine rings is 1. The molecule has 0 radical (unpaired) electrons. The van der Waals surface area contributed by atoms with Crippen molar-refractivity contribution in [2.24, 2.45) is 0 Å². The fourth-order valence-electron chi connectivity index (χ4n) is 2.89. The van der Waals surface area contributed by atoms with Crippen LogP contribution >= 0.6 is 12.4 Å². The summed E-state index contributed by atoms with van der Waals surface area (Å²) in [4.78, 5) is 16.2. The third-order valence-electron chi connectivity index (χ3n) is 4.18. The molecule has 0 spiro atoms. The van der Waals surface area contributed by atoms with E-state index in [9.17, 15) is 13.6 Å². The van der Waals surface area contributed by atoms with Gasteiger partial charge in [-0.05, 0) is 29.8 Å². The van der Waals surface area contributed by atoms with Gasteiger partial charge in [-0.2, -0.15) is 0 Å². The Morgan fingerprint density at radius 3 is 2.40 bits per heavy atom. The second-order valence-electron chi connectivity index (χ2n) is 5.94. The third-order valence-corrected chi connectivity index (χ3v) is 4.18. The first-order valence-corrected chi connectivity index (χ1v) is 7.84. The lowest BCUT2D eigenvalue weighted by atomic mass is 10.1. The Kier molecular flexibility index (Phi) is 6.33. The van der Waals surface area contributed by atoms with Gasteiger partial charge < -0.3 is 10.6 Å². The normalized spacial score (nSPS) is 14.9. The maximum atomic E-state index is 13.7. The summed E-state index contributed by atoms with van der Waals surface area (Å²) in [5.74, 6) is -1.89. The molecule has 1 heterocycles. The molecule has 0 aromatic heterocycles. The van der Waals surface area contributed by atoms with E-state index in [-0.39, 0.29) is 18.0 Å². The van der Waals surface area contributed by atoms with E-state index in [2.05, 4.69) is 4.90 Å². The van der Waals surface area contributed by atoms with Crippen molar-refractivity contribution in [1.29, 1.82) is 0 Å². The number of carbonyl (C=O) groups is 1. The van der Waals surface area contributed by atoms with E-state index in [1.165, 1.54) is 6.07 Å². The number of nitrogen functional groups attached to an aromatic ring is 1. The van der Waals surface area contributed by atoms with E-state index in [4.69, 9.17) is 5.73 Å². The Morgan fingerprint density at radius 1 is 1.04 bits per heavy atom. The molecule has 2 aromatic rings. The molecule has 0 aliphatic carbocycles. The Balaban J connectivity index is 0.00000225. The van der Waals surface area contributed by atoms with Crippen LogP contribution < -0.4 is 5.73 Å². The maximum absolute atomic E-state index is 13.7. The summed E-state index contributed by atoms with van der Waals surface area (Å²) >= 11 is 0. The third kappa shape index (κ3) is 4.67. The monoisotopic (exact) mass is 367 g/mol. The first kappa shape index (κ1) is 19.1. The Bertz CT molecular complexity index is 749. The van der Waals surface area contributed by atoms with Crippen molar-refractivity contribution in [3.63, 3.8) is 0 Å². The smallest absolute Gasteiger partial charge is 0.256 e. The molecule has 0 bridgehead atoms. The van der Waals surface area contributed by atoms with Crippen LogP contribution in [0.2, 0.25) is 0 Å². The highest BCUT2D eigenvalue weighted by molar-refractivity contribution is 5.94. The molecular weight excluding hydrogens is 348 g/mol. The molecule has 25 heavy (non-hydrogen) atoms. The molecule has 0 atom stereocenters. The van der Waals surface area contributed by atoms with E-state index in [1.807, 2.05) is 24.3 Å². The zero-order valence-electron chi connectivity index (χ0n) is 13.6.